The maximum Gasteiger partial charge on any atom is 0.294 e. The van der Waals surface area contributed by atoms with Crippen molar-refractivity contribution >= 4 is 21.5 Å². The van der Waals surface area contributed by atoms with E-state index in [1.807, 2.05) is 13.8 Å². The molecule has 0 aliphatic rings. The van der Waals surface area contributed by atoms with Gasteiger partial charge in [-0.3, -0.25) is 9.55 Å². The van der Waals surface area contributed by atoms with Gasteiger partial charge in [0.25, 0.3) is 10.1 Å². The maximum absolute atomic E-state index is 10.8. The van der Waals surface area contributed by atoms with Crippen LogP contribution in [-0.4, -0.2) is 18.7 Å². The van der Waals surface area contributed by atoms with Crippen LogP contribution in [0.15, 0.2) is 28.1 Å². The molecule has 0 aliphatic heterocycles. The second kappa shape index (κ2) is 4.12. The lowest BCUT2D eigenvalue weighted by atomic mass is 10.2. The summed E-state index contributed by atoms with van der Waals surface area (Å²) < 4.78 is 30.5. The van der Waals surface area contributed by atoms with Gasteiger partial charge in [0.1, 0.15) is 0 Å². The van der Waals surface area contributed by atoms with Crippen molar-refractivity contribution in [3.8, 4) is 0 Å². The first-order valence-electron chi connectivity index (χ1n) is 4.41. The van der Waals surface area contributed by atoms with Crippen molar-refractivity contribution < 1.29 is 13.0 Å². The molecule has 0 amide bonds. The summed E-state index contributed by atoms with van der Waals surface area (Å²) in [6.07, 6.45) is 0. The van der Waals surface area contributed by atoms with Gasteiger partial charge < -0.3 is 0 Å². The van der Waals surface area contributed by atoms with Crippen LogP contribution >= 0.6 is 0 Å². The van der Waals surface area contributed by atoms with E-state index in [1.165, 1.54) is 12.1 Å². The van der Waals surface area contributed by atoms with Gasteiger partial charge in [0.2, 0.25) is 0 Å². The van der Waals surface area contributed by atoms with Gasteiger partial charge in [-0.25, -0.2) is 0 Å². The van der Waals surface area contributed by atoms with Crippen LogP contribution in [0.1, 0.15) is 19.4 Å². The predicted octanol–water partition coefficient (Wildman–Crippen LogP) is 2.35. The summed E-state index contributed by atoms with van der Waals surface area (Å²) in [4.78, 5) is 4.12. The first kappa shape index (κ1) is 11.9. The molecule has 1 aromatic rings. The van der Waals surface area contributed by atoms with Gasteiger partial charge in [0, 0.05) is 5.71 Å². The fourth-order valence-electron chi connectivity index (χ4n) is 1.15. The zero-order valence-corrected chi connectivity index (χ0v) is 9.67. The Balaban J connectivity index is 3.27. The second-order valence-corrected chi connectivity index (χ2v) is 4.90. The molecule has 15 heavy (non-hydrogen) atoms. The van der Waals surface area contributed by atoms with Gasteiger partial charge in [-0.1, -0.05) is 0 Å². The molecule has 0 radical (unpaired) electrons. The van der Waals surface area contributed by atoms with Crippen LogP contribution in [0.4, 0.5) is 5.69 Å². The third kappa shape index (κ3) is 3.14. The first-order chi connectivity index (χ1) is 6.80. The number of nitrogens with zero attached hydrogens (tertiary/aromatic N) is 1. The molecular weight excluding hydrogens is 214 g/mol. The number of benzene rings is 1. The Hall–Kier alpha value is -1.20. The van der Waals surface area contributed by atoms with Crippen LogP contribution in [0.3, 0.4) is 0 Å². The van der Waals surface area contributed by atoms with E-state index < -0.39 is 10.1 Å². The summed E-state index contributed by atoms with van der Waals surface area (Å²) in [7, 11) is -4.12. The van der Waals surface area contributed by atoms with Crippen molar-refractivity contribution in [1.29, 1.82) is 0 Å². The van der Waals surface area contributed by atoms with E-state index in [0.717, 1.165) is 5.71 Å². The fourth-order valence-corrected chi connectivity index (χ4v) is 1.72. The molecule has 0 heterocycles. The monoisotopic (exact) mass is 227 g/mol. The molecule has 0 fully saturated rings. The molecular formula is C10H13NO3S. The predicted molar refractivity (Wildman–Crippen MR) is 59.4 cm³/mol. The number of aryl methyl sites for hydroxylation is 1. The Morgan fingerprint density at radius 1 is 1.33 bits per heavy atom. The Labute approximate surface area is 89.4 Å². The summed E-state index contributed by atoms with van der Waals surface area (Å²) in [5, 5.41) is 0. The quantitative estimate of drug-likeness (QED) is 0.623. The average molecular weight is 227 g/mol. The number of hydrogen-bond acceptors (Lipinski definition) is 3. The number of hydrogen-bond donors (Lipinski definition) is 1. The van der Waals surface area contributed by atoms with Gasteiger partial charge >= 0.3 is 0 Å². The van der Waals surface area contributed by atoms with Gasteiger partial charge in [-0.05, 0) is 44.5 Å². The number of rotatable bonds is 2. The highest BCUT2D eigenvalue weighted by Crippen LogP contribution is 2.22. The summed E-state index contributed by atoms with van der Waals surface area (Å²) in [5.41, 5.74) is 2.31. The minimum Gasteiger partial charge on any atom is -0.282 e. The van der Waals surface area contributed by atoms with Gasteiger partial charge in [0.15, 0.2) is 0 Å². The Morgan fingerprint density at radius 3 is 2.33 bits per heavy atom. The maximum atomic E-state index is 10.8. The SMILES string of the molecule is CC(C)=Nc1ccc(S(=O)(=O)O)cc1C. The molecule has 0 saturated heterocycles. The smallest absolute Gasteiger partial charge is 0.282 e. The van der Waals surface area contributed by atoms with Gasteiger partial charge in [-0.2, -0.15) is 8.42 Å². The highest BCUT2D eigenvalue weighted by Gasteiger charge is 2.10. The minimum atomic E-state index is -4.12. The molecule has 4 nitrogen and oxygen atoms in total. The number of aliphatic imine (C=N–C) groups is 1. The molecule has 1 rings (SSSR count). The van der Waals surface area contributed by atoms with Crippen LogP contribution in [-0.2, 0) is 10.1 Å². The molecule has 1 aromatic carbocycles. The minimum absolute atomic E-state index is 0.104. The molecule has 5 heteroatoms. The molecule has 0 spiro atoms. The lowest BCUT2D eigenvalue weighted by Gasteiger charge is -2.03. The molecule has 1 N–H and O–H groups in total. The lowest BCUT2D eigenvalue weighted by molar-refractivity contribution is 0.483. The normalized spacial score (nSPS) is 11.2. The summed E-state index contributed by atoms with van der Waals surface area (Å²) in [6.45, 7) is 5.46. The lowest BCUT2D eigenvalue weighted by Crippen LogP contribution is -1.98. The third-order valence-electron chi connectivity index (χ3n) is 1.81. The Bertz CT molecular complexity index is 499. The molecule has 0 saturated carbocycles. The van der Waals surface area contributed by atoms with Crippen molar-refractivity contribution in [2.24, 2.45) is 4.99 Å². The highest BCUT2D eigenvalue weighted by molar-refractivity contribution is 7.85. The summed E-state index contributed by atoms with van der Waals surface area (Å²) in [6, 6.07) is 4.31. The standard InChI is InChI=1S/C10H13NO3S/c1-7(2)11-10-5-4-9(6-8(10)3)15(12,13)14/h4-6H,1-3H3,(H,12,13,14). The molecule has 82 valence electrons. The van der Waals surface area contributed by atoms with Crippen molar-refractivity contribution in [3.05, 3.63) is 23.8 Å². The Morgan fingerprint density at radius 2 is 1.93 bits per heavy atom. The molecule has 0 unspecified atom stereocenters. The zero-order valence-electron chi connectivity index (χ0n) is 8.85. The van der Waals surface area contributed by atoms with E-state index in [9.17, 15) is 8.42 Å². The van der Waals surface area contributed by atoms with Crippen molar-refractivity contribution in [2.45, 2.75) is 25.7 Å². The fraction of sp³-hybridized carbons (Fsp3) is 0.300. The second-order valence-electron chi connectivity index (χ2n) is 3.48. The topological polar surface area (TPSA) is 66.7 Å². The largest absolute Gasteiger partial charge is 0.294 e. The zero-order chi connectivity index (χ0) is 11.6. The average Bonchev–Trinajstić information content (AvgIpc) is 2.05. The van der Waals surface area contributed by atoms with E-state index in [-0.39, 0.29) is 4.90 Å². The van der Waals surface area contributed by atoms with Gasteiger partial charge in [-0.15, -0.1) is 0 Å². The van der Waals surface area contributed by atoms with Crippen molar-refractivity contribution in [3.63, 3.8) is 0 Å². The summed E-state index contributed by atoms with van der Waals surface area (Å²) in [5.74, 6) is 0. The molecule has 0 atom stereocenters. The molecule has 0 bridgehead atoms. The van der Waals surface area contributed by atoms with Crippen molar-refractivity contribution in [1.82, 2.24) is 0 Å². The van der Waals surface area contributed by atoms with Crippen molar-refractivity contribution in [2.75, 3.05) is 0 Å². The van der Waals surface area contributed by atoms with E-state index in [4.69, 9.17) is 4.55 Å². The van der Waals surface area contributed by atoms with E-state index >= 15 is 0 Å². The van der Waals surface area contributed by atoms with Crippen LogP contribution in [0.5, 0.6) is 0 Å². The van der Waals surface area contributed by atoms with E-state index in [1.54, 1.807) is 13.0 Å². The Kier molecular flexibility index (Phi) is 3.26. The molecule has 0 aromatic heterocycles. The van der Waals surface area contributed by atoms with Crippen LogP contribution in [0.25, 0.3) is 0 Å². The van der Waals surface area contributed by atoms with Gasteiger partial charge in [0.05, 0.1) is 10.6 Å². The first-order valence-corrected chi connectivity index (χ1v) is 5.85. The van der Waals surface area contributed by atoms with Crippen LogP contribution in [0.2, 0.25) is 0 Å². The van der Waals surface area contributed by atoms with Crippen LogP contribution < -0.4 is 0 Å². The van der Waals surface area contributed by atoms with Crippen LogP contribution in [0, 0.1) is 6.92 Å². The highest BCUT2D eigenvalue weighted by atomic mass is 32.2. The third-order valence-corrected chi connectivity index (χ3v) is 2.66. The van der Waals surface area contributed by atoms with E-state index in [2.05, 4.69) is 4.99 Å². The summed E-state index contributed by atoms with van der Waals surface area (Å²) >= 11 is 0. The molecule has 0 aliphatic carbocycles. The van der Waals surface area contributed by atoms with E-state index in [0.29, 0.717) is 11.3 Å².